The molecule has 0 spiro atoms. The zero-order chi connectivity index (χ0) is 26.5. The molecule has 0 aromatic heterocycles. The molecule has 13 nitrogen and oxygen atoms in total. The average molecular weight is 506 g/mol. The molecule has 0 aliphatic carbocycles. The summed E-state index contributed by atoms with van der Waals surface area (Å²) in [6, 6.07) is 5.49. The van der Waals surface area contributed by atoms with Crippen LogP contribution in [0.25, 0.3) is 0 Å². The second kappa shape index (κ2) is 14.5. The van der Waals surface area contributed by atoms with Gasteiger partial charge in [0.2, 0.25) is 5.91 Å². The molecular formula is C23H35N7O6. The zero-order valence-corrected chi connectivity index (χ0v) is 20.9. The number of urea groups is 1. The first kappa shape index (κ1) is 28.4. The highest BCUT2D eigenvalue weighted by Gasteiger charge is 2.33. The van der Waals surface area contributed by atoms with E-state index in [1.807, 2.05) is 25.9 Å². The van der Waals surface area contributed by atoms with Crippen LogP contribution < -0.4 is 26.6 Å². The van der Waals surface area contributed by atoms with Crippen molar-refractivity contribution in [1.29, 1.82) is 0 Å². The number of carbonyl (C=O) groups is 4. The fourth-order valence-corrected chi connectivity index (χ4v) is 3.21. The Morgan fingerprint density at radius 3 is 2.56 bits per heavy atom. The summed E-state index contributed by atoms with van der Waals surface area (Å²) in [6.45, 7) is 3.84. The van der Waals surface area contributed by atoms with Gasteiger partial charge in [0.05, 0.1) is 13.0 Å². The van der Waals surface area contributed by atoms with Crippen LogP contribution >= 0.6 is 0 Å². The molecule has 2 rings (SSSR count). The van der Waals surface area contributed by atoms with Crippen LogP contribution in [0.5, 0.6) is 0 Å². The number of anilines is 1. The van der Waals surface area contributed by atoms with E-state index in [1.165, 1.54) is 0 Å². The second-order valence-corrected chi connectivity index (χ2v) is 8.33. The van der Waals surface area contributed by atoms with E-state index >= 15 is 0 Å². The molecule has 0 radical (unpaired) electrons. The number of amidine groups is 1. The minimum absolute atomic E-state index is 0.00634. The quantitative estimate of drug-likeness (QED) is 0.104. The summed E-state index contributed by atoms with van der Waals surface area (Å²) >= 11 is 0. The number of amides is 4. The van der Waals surface area contributed by atoms with Crippen LogP contribution in [-0.4, -0.2) is 87.7 Å². The van der Waals surface area contributed by atoms with Gasteiger partial charge in [-0.3, -0.25) is 14.4 Å². The number of rotatable bonds is 12. The monoisotopic (exact) mass is 505 g/mol. The Bertz CT molecular complexity index is 935. The smallest absolute Gasteiger partial charge is 0.433 e. The topological polar surface area (TPSA) is 168 Å². The van der Waals surface area contributed by atoms with Crippen molar-refractivity contribution in [1.82, 2.24) is 20.9 Å². The lowest BCUT2D eigenvalue weighted by Crippen LogP contribution is -2.46. The van der Waals surface area contributed by atoms with Crippen LogP contribution in [-0.2, 0) is 19.2 Å². The lowest BCUT2D eigenvalue weighted by molar-refractivity contribution is -0.143. The van der Waals surface area contributed by atoms with Gasteiger partial charge in [0.15, 0.2) is 5.84 Å². The van der Waals surface area contributed by atoms with Crippen molar-refractivity contribution in [2.75, 3.05) is 51.8 Å². The molecule has 1 saturated heterocycles. The van der Waals surface area contributed by atoms with Gasteiger partial charge in [0, 0.05) is 37.4 Å². The highest BCUT2D eigenvalue weighted by Crippen LogP contribution is 2.22. The maximum atomic E-state index is 12.8. The van der Waals surface area contributed by atoms with E-state index in [9.17, 15) is 19.2 Å². The fraction of sp³-hybridized carbons (Fsp3) is 0.522. The number of nitrogens with one attached hydrogen (secondary N) is 3. The van der Waals surface area contributed by atoms with Gasteiger partial charge in [0.1, 0.15) is 6.04 Å². The number of nitrogens with zero attached hydrogens (tertiary/aromatic N) is 3. The summed E-state index contributed by atoms with van der Waals surface area (Å²) in [5.74, 6) is -0.629. The Labute approximate surface area is 210 Å². The lowest BCUT2D eigenvalue weighted by atomic mass is 10.2. The van der Waals surface area contributed by atoms with Gasteiger partial charge in [-0.1, -0.05) is 12.1 Å². The van der Waals surface area contributed by atoms with Crippen LogP contribution in [0.3, 0.4) is 0 Å². The third kappa shape index (κ3) is 9.41. The standard InChI is InChI=1S/C23H35N7O6/c1-4-15-35-19(31)9-11-25-22(33)27-18-10-13-30(21(18)32)17-7-5-16(6-8-17)20(24)28-36-23(34)26-12-14-29(2)3/h5-8,18H,4,9-15H2,1-3H3,(H2,24,28)(H,26,34)(H2,25,27,33)/t18-/m0/s1. The van der Waals surface area contributed by atoms with E-state index in [4.69, 9.17) is 15.3 Å². The summed E-state index contributed by atoms with van der Waals surface area (Å²) in [5.41, 5.74) is 7.02. The number of carbonyl (C=O) groups excluding carboxylic acids is 4. The maximum Gasteiger partial charge on any atom is 0.433 e. The Morgan fingerprint density at radius 1 is 1.17 bits per heavy atom. The molecule has 0 saturated carbocycles. The first-order valence-corrected chi connectivity index (χ1v) is 11.8. The van der Waals surface area contributed by atoms with E-state index in [0.29, 0.717) is 43.9 Å². The molecule has 13 heteroatoms. The van der Waals surface area contributed by atoms with E-state index in [0.717, 1.165) is 6.42 Å². The van der Waals surface area contributed by atoms with Crippen LogP contribution in [0.2, 0.25) is 0 Å². The van der Waals surface area contributed by atoms with Crippen molar-refractivity contribution >= 4 is 35.5 Å². The van der Waals surface area contributed by atoms with Crippen LogP contribution in [0.4, 0.5) is 15.3 Å². The average Bonchev–Trinajstić information content (AvgIpc) is 3.20. The molecule has 1 aliphatic rings. The summed E-state index contributed by atoms with van der Waals surface area (Å²) in [4.78, 5) is 56.2. The summed E-state index contributed by atoms with van der Waals surface area (Å²) in [5, 5.41) is 11.4. The number of likely N-dealkylation sites (N-methyl/N-ethyl adjacent to an activating group) is 1. The van der Waals surface area contributed by atoms with E-state index in [2.05, 4.69) is 21.1 Å². The third-order valence-electron chi connectivity index (χ3n) is 5.12. The Kier molecular flexibility index (Phi) is 11.4. The van der Waals surface area contributed by atoms with E-state index in [-0.39, 0.29) is 30.7 Å². The molecule has 1 fully saturated rings. The Balaban J connectivity index is 1.81. The first-order valence-electron chi connectivity index (χ1n) is 11.8. The molecule has 0 unspecified atom stereocenters. The minimum atomic E-state index is -0.710. The minimum Gasteiger partial charge on any atom is -0.466 e. The summed E-state index contributed by atoms with van der Waals surface area (Å²) in [6.07, 6.45) is 0.516. The Hall–Kier alpha value is -3.87. The van der Waals surface area contributed by atoms with Crippen molar-refractivity contribution in [3.8, 4) is 0 Å². The molecule has 1 heterocycles. The summed E-state index contributed by atoms with van der Waals surface area (Å²) < 4.78 is 4.94. The number of nitrogens with two attached hydrogens (primary N) is 1. The van der Waals surface area contributed by atoms with Crippen LogP contribution in [0.15, 0.2) is 29.4 Å². The van der Waals surface area contributed by atoms with Crippen molar-refractivity contribution in [2.45, 2.75) is 32.2 Å². The number of benzene rings is 1. The van der Waals surface area contributed by atoms with Gasteiger partial charge in [-0.15, -0.1) is 0 Å². The maximum absolute atomic E-state index is 12.8. The van der Waals surface area contributed by atoms with Gasteiger partial charge in [-0.05, 0) is 51.2 Å². The fourth-order valence-electron chi connectivity index (χ4n) is 3.21. The van der Waals surface area contributed by atoms with Crippen LogP contribution in [0, 0.1) is 0 Å². The molecule has 5 N–H and O–H groups in total. The largest absolute Gasteiger partial charge is 0.466 e. The van der Waals surface area contributed by atoms with Gasteiger partial charge in [-0.2, -0.15) is 0 Å². The lowest BCUT2D eigenvalue weighted by Gasteiger charge is -2.18. The molecule has 4 amide bonds. The normalized spacial score (nSPS) is 15.6. The molecule has 36 heavy (non-hydrogen) atoms. The molecule has 0 bridgehead atoms. The second-order valence-electron chi connectivity index (χ2n) is 8.33. The zero-order valence-electron chi connectivity index (χ0n) is 20.9. The molecule has 1 aliphatic heterocycles. The number of oxime groups is 1. The highest BCUT2D eigenvalue weighted by atomic mass is 16.7. The molecule has 1 aromatic carbocycles. The molecular weight excluding hydrogens is 470 g/mol. The van der Waals surface area contributed by atoms with E-state index < -0.39 is 18.2 Å². The number of ether oxygens (including phenoxy) is 1. The predicted octanol–water partition coefficient (Wildman–Crippen LogP) is 0.343. The van der Waals surface area contributed by atoms with Crippen molar-refractivity contribution in [2.24, 2.45) is 10.9 Å². The van der Waals surface area contributed by atoms with Crippen molar-refractivity contribution in [3.63, 3.8) is 0 Å². The van der Waals surface area contributed by atoms with Gasteiger partial charge >= 0.3 is 18.1 Å². The third-order valence-corrected chi connectivity index (χ3v) is 5.12. The van der Waals surface area contributed by atoms with E-state index in [1.54, 1.807) is 29.2 Å². The SMILES string of the molecule is CCCOC(=O)CCNC(=O)N[C@H]1CCN(c2ccc(C(N)=NOC(=O)NCCN(C)C)cc2)C1=O. The first-order chi connectivity index (χ1) is 17.2. The molecule has 1 aromatic rings. The number of esters is 1. The predicted molar refractivity (Wildman–Crippen MR) is 133 cm³/mol. The van der Waals surface area contributed by atoms with Gasteiger partial charge in [-0.25, -0.2) is 9.59 Å². The van der Waals surface area contributed by atoms with Gasteiger partial charge < -0.3 is 36.2 Å². The summed E-state index contributed by atoms with van der Waals surface area (Å²) in [7, 11) is 3.76. The number of hydrogen-bond acceptors (Lipinski definition) is 8. The van der Waals surface area contributed by atoms with Crippen molar-refractivity contribution in [3.05, 3.63) is 29.8 Å². The molecule has 198 valence electrons. The number of hydrogen-bond donors (Lipinski definition) is 4. The van der Waals surface area contributed by atoms with Gasteiger partial charge in [0.25, 0.3) is 0 Å². The highest BCUT2D eigenvalue weighted by molar-refractivity contribution is 6.02. The van der Waals surface area contributed by atoms with Crippen LogP contribution in [0.1, 0.15) is 31.7 Å². The van der Waals surface area contributed by atoms with Crippen molar-refractivity contribution < 1.29 is 28.8 Å². The Morgan fingerprint density at radius 2 is 1.89 bits per heavy atom. The molecule has 1 atom stereocenters.